The van der Waals surface area contributed by atoms with Gasteiger partial charge in [0.25, 0.3) is 0 Å². The van der Waals surface area contributed by atoms with Crippen LogP contribution < -0.4 is 5.32 Å². The first kappa shape index (κ1) is 33.0. The minimum absolute atomic E-state index is 0.0857. The van der Waals surface area contributed by atoms with E-state index in [4.69, 9.17) is 13.8 Å². The average Bonchev–Trinajstić information content (AvgIpc) is 2.81. The Kier molecular flexibility index (Phi) is 21.8. The molecule has 0 aliphatic heterocycles. The maximum Gasteiger partial charge on any atom is 0.472 e. The number of hydrogen-bond acceptors (Lipinski definition) is 7. The van der Waals surface area contributed by atoms with Crippen LogP contribution in [0.1, 0.15) is 110 Å². The Hall–Kier alpha value is -0.990. The van der Waals surface area contributed by atoms with Crippen LogP contribution in [-0.4, -0.2) is 54.3 Å². The third-order valence-corrected chi connectivity index (χ3v) is 6.27. The minimum atomic E-state index is -4.37. The molecule has 0 radical (unpaired) electrons. The molecule has 0 aromatic carbocycles. The van der Waals surface area contributed by atoms with Crippen LogP contribution in [0, 0.1) is 0 Å². The number of aliphatic hydroxyl groups excluding tert-OH is 1. The van der Waals surface area contributed by atoms with E-state index in [1.807, 2.05) is 6.92 Å². The summed E-state index contributed by atoms with van der Waals surface area (Å²) in [7, 11) is -4.37. The summed E-state index contributed by atoms with van der Waals surface area (Å²) in [6.07, 6.45) is 14.4. The van der Waals surface area contributed by atoms with E-state index in [2.05, 4.69) is 12.2 Å². The summed E-state index contributed by atoms with van der Waals surface area (Å²) < 4.78 is 26.1. The van der Waals surface area contributed by atoms with Gasteiger partial charge in [0.05, 0.1) is 13.2 Å². The second-order valence-corrected chi connectivity index (χ2v) is 10.1. The lowest BCUT2D eigenvalue weighted by Gasteiger charge is -2.15. The summed E-state index contributed by atoms with van der Waals surface area (Å²) in [6, 6.07) is 0. The van der Waals surface area contributed by atoms with Crippen LogP contribution >= 0.6 is 7.82 Å². The molecule has 2 atom stereocenters. The number of nitrogens with one attached hydrogen (secondary N) is 1. The number of ether oxygens (including phenoxy) is 1. The summed E-state index contributed by atoms with van der Waals surface area (Å²) in [5.41, 5.74) is 0. The van der Waals surface area contributed by atoms with E-state index in [0.717, 1.165) is 25.7 Å². The number of hydrogen-bond donors (Lipinski definition) is 3. The first-order valence-corrected chi connectivity index (χ1v) is 14.5. The molecule has 2 unspecified atom stereocenters. The molecule has 10 heteroatoms. The number of carbonyl (C=O) groups is 2. The monoisotopic (exact) mass is 509 g/mol. The molecule has 3 N–H and O–H groups in total. The lowest BCUT2D eigenvalue weighted by atomic mass is 10.1. The predicted molar refractivity (Wildman–Crippen MR) is 132 cm³/mol. The molecule has 0 fully saturated rings. The number of rotatable bonds is 24. The van der Waals surface area contributed by atoms with Gasteiger partial charge in [0, 0.05) is 19.4 Å². The van der Waals surface area contributed by atoms with Gasteiger partial charge < -0.3 is 20.1 Å². The zero-order valence-corrected chi connectivity index (χ0v) is 22.2. The number of carbonyl (C=O) groups excluding carboxylic acids is 2. The second kappa shape index (κ2) is 22.5. The van der Waals surface area contributed by atoms with E-state index in [9.17, 15) is 24.2 Å². The van der Waals surface area contributed by atoms with Crippen molar-refractivity contribution in [1.82, 2.24) is 5.32 Å². The van der Waals surface area contributed by atoms with E-state index in [1.165, 1.54) is 51.4 Å². The molecule has 1 amide bonds. The van der Waals surface area contributed by atoms with Gasteiger partial charge in [-0.1, -0.05) is 84.5 Å². The fourth-order valence-corrected chi connectivity index (χ4v) is 3.99. The lowest BCUT2D eigenvalue weighted by Crippen LogP contribution is -2.27. The Balaban J connectivity index is 3.63. The van der Waals surface area contributed by atoms with Crippen molar-refractivity contribution >= 4 is 19.7 Å². The molecule has 9 nitrogen and oxygen atoms in total. The van der Waals surface area contributed by atoms with E-state index < -0.39 is 26.5 Å². The molecule has 202 valence electrons. The van der Waals surface area contributed by atoms with E-state index in [1.54, 1.807) is 0 Å². The van der Waals surface area contributed by atoms with Crippen LogP contribution in [0.25, 0.3) is 0 Å². The van der Waals surface area contributed by atoms with Gasteiger partial charge in [0.1, 0.15) is 12.7 Å². The lowest BCUT2D eigenvalue weighted by molar-refractivity contribution is -0.147. The molecule has 0 bridgehead atoms. The molecule has 0 aliphatic rings. The number of esters is 1. The highest BCUT2D eigenvalue weighted by Gasteiger charge is 2.23. The normalized spacial score (nSPS) is 13.9. The first-order valence-electron chi connectivity index (χ1n) is 13.0. The Morgan fingerprint density at radius 3 is 1.94 bits per heavy atom. The van der Waals surface area contributed by atoms with Crippen LogP contribution in [0.15, 0.2) is 0 Å². The Morgan fingerprint density at radius 2 is 1.35 bits per heavy atom. The van der Waals surface area contributed by atoms with Gasteiger partial charge >= 0.3 is 13.8 Å². The molecular weight excluding hydrogens is 461 g/mol. The number of phosphoric ester groups is 1. The van der Waals surface area contributed by atoms with Crippen LogP contribution in [0.2, 0.25) is 0 Å². The van der Waals surface area contributed by atoms with Gasteiger partial charge in [-0.3, -0.25) is 18.6 Å². The molecular formula is C24H48NO8P. The zero-order chi connectivity index (χ0) is 25.5. The van der Waals surface area contributed by atoms with Crippen molar-refractivity contribution in [3.8, 4) is 0 Å². The van der Waals surface area contributed by atoms with Crippen LogP contribution in [0.4, 0.5) is 0 Å². The third kappa shape index (κ3) is 22.8. The highest BCUT2D eigenvalue weighted by molar-refractivity contribution is 7.47. The summed E-state index contributed by atoms with van der Waals surface area (Å²) >= 11 is 0. The van der Waals surface area contributed by atoms with Crippen LogP contribution in [-0.2, 0) is 27.9 Å². The van der Waals surface area contributed by atoms with Crippen LogP contribution in [0.3, 0.4) is 0 Å². The van der Waals surface area contributed by atoms with Gasteiger partial charge in [-0.15, -0.1) is 0 Å². The number of unbranched alkanes of at least 4 members (excludes halogenated alkanes) is 11. The van der Waals surface area contributed by atoms with Crippen molar-refractivity contribution in [1.29, 1.82) is 0 Å². The molecule has 34 heavy (non-hydrogen) atoms. The van der Waals surface area contributed by atoms with Crippen molar-refractivity contribution < 1.29 is 37.9 Å². The predicted octanol–water partition coefficient (Wildman–Crippen LogP) is 5.03. The standard InChI is InChI=1S/C24H48NO8P/c1-3-5-7-8-9-10-11-12-13-14-15-16-23(27)25-18-19-32-34(29,30)33-21-22(26)20-31-24(28)17-6-4-2/h22,26H,3-21H2,1-2H3,(H,25,27)(H,29,30). The average molecular weight is 510 g/mol. The Labute approximate surface area is 205 Å². The molecule has 0 rings (SSSR count). The largest absolute Gasteiger partial charge is 0.472 e. The molecule has 0 spiro atoms. The maximum absolute atomic E-state index is 11.8. The van der Waals surface area contributed by atoms with Crippen molar-refractivity contribution in [2.75, 3.05) is 26.4 Å². The topological polar surface area (TPSA) is 131 Å². The van der Waals surface area contributed by atoms with Crippen molar-refractivity contribution in [2.45, 2.75) is 116 Å². The number of amides is 1. The number of aliphatic hydroxyl groups is 1. The smallest absolute Gasteiger partial charge is 0.463 e. The second-order valence-electron chi connectivity index (χ2n) is 8.67. The Morgan fingerprint density at radius 1 is 0.794 bits per heavy atom. The van der Waals surface area contributed by atoms with Gasteiger partial charge in [0.2, 0.25) is 5.91 Å². The molecule has 0 saturated heterocycles. The Bertz CT molecular complexity index is 561. The highest BCUT2D eigenvalue weighted by Crippen LogP contribution is 2.42. The van der Waals surface area contributed by atoms with E-state index >= 15 is 0 Å². The molecule has 0 aromatic rings. The molecule has 0 heterocycles. The van der Waals surface area contributed by atoms with Crippen molar-refractivity contribution in [3.63, 3.8) is 0 Å². The van der Waals surface area contributed by atoms with Crippen molar-refractivity contribution in [2.24, 2.45) is 0 Å². The van der Waals surface area contributed by atoms with E-state index in [0.29, 0.717) is 12.8 Å². The minimum Gasteiger partial charge on any atom is -0.463 e. The SMILES string of the molecule is CCCCCCCCCCCCCC(=O)NCCOP(=O)(O)OCC(O)COC(=O)CCCC. The van der Waals surface area contributed by atoms with Gasteiger partial charge in [-0.25, -0.2) is 4.57 Å². The van der Waals surface area contributed by atoms with Gasteiger partial charge in [-0.05, 0) is 12.8 Å². The summed E-state index contributed by atoms with van der Waals surface area (Å²) in [6.45, 7) is 3.23. The van der Waals surface area contributed by atoms with E-state index in [-0.39, 0.29) is 32.1 Å². The fourth-order valence-electron chi connectivity index (χ4n) is 3.24. The molecule has 0 aromatic heterocycles. The third-order valence-electron chi connectivity index (χ3n) is 5.29. The van der Waals surface area contributed by atoms with Gasteiger partial charge in [-0.2, -0.15) is 0 Å². The fraction of sp³-hybridized carbons (Fsp3) is 0.917. The van der Waals surface area contributed by atoms with Gasteiger partial charge in [0.15, 0.2) is 0 Å². The molecule has 0 saturated carbocycles. The quantitative estimate of drug-likeness (QED) is 0.0938. The summed E-state index contributed by atoms with van der Waals surface area (Å²) in [5.74, 6) is -0.554. The van der Waals surface area contributed by atoms with Crippen molar-refractivity contribution in [3.05, 3.63) is 0 Å². The van der Waals surface area contributed by atoms with Crippen LogP contribution in [0.5, 0.6) is 0 Å². The molecule has 0 aliphatic carbocycles. The highest BCUT2D eigenvalue weighted by atomic mass is 31.2. The maximum atomic E-state index is 11.8. The summed E-state index contributed by atoms with van der Waals surface area (Å²) in [4.78, 5) is 32.8. The zero-order valence-electron chi connectivity index (χ0n) is 21.3. The number of phosphoric acid groups is 1. The first-order chi connectivity index (χ1) is 16.3. The summed E-state index contributed by atoms with van der Waals surface area (Å²) in [5, 5.41) is 12.3.